The summed E-state index contributed by atoms with van der Waals surface area (Å²) in [6.45, 7) is 1.24. The molecule has 6 rings (SSSR count). The minimum atomic E-state index is -4.96. The summed E-state index contributed by atoms with van der Waals surface area (Å²) in [5.74, 6) is -0.587. The summed E-state index contributed by atoms with van der Waals surface area (Å²) in [5.41, 5.74) is 1.19. The number of urea groups is 2. The highest BCUT2D eigenvalue weighted by Crippen LogP contribution is 2.43. The third-order valence-electron chi connectivity index (χ3n) is 8.63. The number of alkyl halides is 3. The topological polar surface area (TPSA) is 132 Å². The van der Waals surface area contributed by atoms with Gasteiger partial charge < -0.3 is 31.9 Å². The Balaban J connectivity index is 1.07. The van der Waals surface area contributed by atoms with E-state index < -0.39 is 41.2 Å². The standard InChI is InChI=1S/C35H34Cl2F4N8O2/c36-22-5-9-26(37)28(17-22)48-33(50)43-14-11-24-7-4-20-16-21(18-45-32(20)47-24)25-8-10-27(38)30(29(25)35(39,40)41)49-34(51)44-15-12-23-6-3-19-2-1-13-42-31(19)46-23/h3-10,17,21H,1-2,11-16,18H2,(H,42,46)(H,45,47)(H2,43,48,50)(H2,44,49,51). The summed E-state index contributed by atoms with van der Waals surface area (Å²) in [4.78, 5) is 34.2. The number of anilines is 4. The number of aromatic nitrogens is 2. The zero-order valence-electron chi connectivity index (χ0n) is 27.1. The second-order valence-electron chi connectivity index (χ2n) is 12.2. The molecule has 1 unspecified atom stereocenters. The monoisotopic (exact) mass is 744 g/mol. The van der Waals surface area contributed by atoms with Gasteiger partial charge in [0.05, 0.1) is 22.0 Å². The Kier molecular flexibility index (Phi) is 11.0. The zero-order chi connectivity index (χ0) is 36.1. The maximum atomic E-state index is 15.0. The van der Waals surface area contributed by atoms with Crippen molar-refractivity contribution in [3.63, 3.8) is 0 Å². The largest absolute Gasteiger partial charge is 0.418 e. The summed E-state index contributed by atoms with van der Waals surface area (Å²) in [7, 11) is 0. The maximum Gasteiger partial charge on any atom is 0.418 e. The summed E-state index contributed by atoms with van der Waals surface area (Å²) in [6, 6.07) is 12.6. The Morgan fingerprint density at radius 2 is 1.51 bits per heavy atom. The Hall–Kier alpha value is -4.82. The smallest absolute Gasteiger partial charge is 0.370 e. The number of hydrogen-bond acceptors (Lipinski definition) is 6. The first-order chi connectivity index (χ1) is 24.4. The molecular formula is C35H34Cl2F4N8O2. The number of nitrogens with one attached hydrogen (secondary N) is 6. The molecule has 2 aromatic heterocycles. The van der Waals surface area contributed by atoms with Crippen molar-refractivity contribution < 1.29 is 27.2 Å². The van der Waals surface area contributed by atoms with Gasteiger partial charge in [-0.25, -0.2) is 23.9 Å². The molecule has 0 radical (unpaired) electrons. The molecule has 0 saturated heterocycles. The van der Waals surface area contributed by atoms with E-state index in [2.05, 4.69) is 41.9 Å². The van der Waals surface area contributed by atoms with E-state index in [1.807, 2.05) is 12.1 Å². The second kappa shape index (κ2) is 15.6. The number of rotatable bonds is 9. The molecule has 4 heterocycles. The lowest BCUT2D eigenvalue weighted by atomic mass is 9.85. The summed E-state index contributed by atoms with van der Waals surface area (Å²) >= 11 is 12.1. The van der Waals surface area contributed by atoms with Crippen molar-refractivity contribution in [1.29, 1.82) is 0 Å². The number of aryl methyl sites for hydroxylation is 1. The minimum Gasteiger partial charge on any atom is -0.370 e. The fraction of sp³-hybridized carbons (Fsp3) is 0.314. The molecule has 1 atom stereocenters. The highest BCUT2D eigenvalue weighted by atomic mass is 35.5. The van der Waals surface area contributed by atoms with Crippen LogP contribution in [-0.2, 0) is 31.9 Å². The van der Waals surface area contributed by atoms with Gasteiger partial charge in [-0.3, -0.25) is 0 Å². The van der Waals surface area contributed by atoms with Crippen molar-refractivity contribution in [2.45, 2.75) is 44.2 Å². The molecule has 10 nitrogen and oxygen atoms in total. The lowest BCUT2D eigenvalue weighted by molar-refractivity contribution is -0.137. The van der Waals surface area contributed by atoms with Crippen LogP contribution in [0.2, 0.25) is 10.0 Å². The van der Waals surface area contributed by atoms with Gasteiger partial charge in [0.25, 0.3) is 0 Å². The SMILES string of the molecule is O=C(NCCc1ccc2c(n1)NCC(c1ccc(F)c(NC(=O)NCCc3ccc4c(n3)NCCC4)c1C(F)(F)F)C2)Nc1cc(Cl)ccc1Cl. The molecule has 0 saturated carbocycles. The first-order valence-corrected chi connectivity index (χ1v) is 17.1. The Labute approximate surface area is 301 Å². The molecule has 0 aliphatic carbocycles. The number of fused-ring (bicyclic) bond motifs is 2. The van der Waals surface area contributed by atoms with Gasteiger partial charge in [-0.05, 0) is 72.4 Å². The van der Waals surface area contributed by atoms with Crippen LogP contribution in [-0.4, -0.2) is 48.2 Å². The molecule has 4 amide bonds. The van der Waals surface area contributed by atoms with E-state index in [1.165, 1.54) is 6.07 Å². The molecular weight excluding hydrogens is 711 g/mol. The molecule has 51 heavy (non-hydrogen) atoms. The number of hydrogen-bond donors (Lipinski definition) is 6. The first-order valence-electron chi connectivity index (χ1n) is 16.3. The summed E-state index contributed by atoms with van der Waals surface area (Å²) < 4.78 is 58.7. The number of nitrogens with zero attached hydrogens (tertiary/aromatic N) is 2. The van der Waals surface area contributed by atoms with Gasteiger partial charge in [0.1, 0.15) is 17.5 Å². The van der Waals surface area contributed by atoms with E-state index in [0.717, 1.165) is 42.9 Å². The number of carbonyl (C=O) groups is 2. The number of carbonyl (C=O) groups excluding carboxylic acids is 2. The molecule has 6 N–H and O–H groups in total. The lowest BCUT2D eigenvalue weighted by Crippen LogP contribution is -2.33. The molecule has 0 bridgehead atoms. The molecule has 2 aliphatic rings. The van der Waals surface area contributed by atoms with Gasteiger partial charge in [0.15, 0.2) is 0 Å². The van der Waals surface area contributed by atoms with E-state index in [1.54, 1.807) is 24.3 Å². The fourth-order valence-corrected chi connectivity index (χ4v) is 6.49. The molecule has 268 valence electrons. The van der Waals surface area contributed by atoms with Crippen LogP contribution in [0, 0.1) is 5.82 Å². The zero-order valence-corrected chi connectivity index (χ0v) is 28.6. The maximum absolute atomic E-state index is 15.0. The van der Waals surface area contributed by atoms with E-state index in [4.69, 9.17) is 23.2 Å². The van der Waals surface area contributed by atoms with Crippen LogP contribution in [0.25, 0.3) is 0 Å². The van der Waals surface area contributed by atoms with Crippen LogP contribution in [0.5, 0.6) is 0 Å². The third-order valence-corrected chi connectivity index (χ3v) is 9.19. The van der Waals surface area contributed by atoms with Crippen LogP contribution in [0.3, 0.4) is 0 Å². The predicted molar refractivity (Wildman–Crippen MR) is 190 cm³/mol. The Morgan fingerprint density at radius 1 is 0.843 bits per heavy atom. The van der Waals surface area contributed by atoms with Crippen molar-refractivity contribution in [2.75, 3.05) is 47.4 Å². The van der Waals surface area contributed by atoms with Crippen molar-refractivity contribution >= 4 is 58.3 Å². The van der Waals surface area contributed by atoms with Crippen LogP contribution < -0.4 is 31.9 Å². The summed E-state index contributed by atoms with van der Waals surface area (Å²) in [5, 5.41) is 17.1. The summed E-state index contributed by atoms with van der Waals surface area (Å²) in [6.07, 6.45) is -2.11. The van der Waals surface area contributed by atoms with Gasteiger partial charge in [0.2, 0.25) is 0 Å². The average molecular weight is 746 g/mol. The molecule has 2 aliphatic heterocycles. The Bertz CT molecular complexity index is 1940. The quantitative estimate of drug-likeness (QED) is 0.0971. The molecule has 0 fully saturated rings. The van der Waals surface area contributed by atoms with Gasteiger partial charge >= 0.3 is 18.2 Å². The molecule has 4 aromatic rings. The molecule has 16 heteroatoms. The fourth-order valence-electron chi connectivity index (χ4n) is 6.16. The van der Waals surface area contributed by atoms with Gasteiger partial charge in [-0.15, -0.1) is 0 Å². The van der Waals surface area contributed by atoms with Crippen molar-refractivity contribution in [1.82, 2.24) is 20.6 Å². The van der Waals surface area contributed by atoms with Crippen LogP contribution in [0.4, 0.5) is 50.2 Å². The van der Waals surface area contributed by atoms with E-state index in [0.29, 0.717) is 51.3 Å². The van der Waals surface area contributed by atoms with E-state index in [9.17, 15) is 27.2 Å². The number of amides is 4. The lowest BCUT2D eigenvalue weighted by Gasteiger charge is -2.29. The minimum absolute atomic E-state index is 0.0831. The van der Waals surface area contributed by atoms with Crippen molar-refractivity contribution in [3.05, 3.63) is 104 Å². The predicted octanol–water partition coefficient (Wildman–Crippen LogP) is 7.78. The average Bonchev–Trinajstić information content (AvgIpc) is 3.10. The van der Waals surface area contributed by atoms with Crippen LogP contribution >= 0.6 is 23.2 Å². The Morgan fingerprint density at radius 3 is 2.22 bits per heavy atom. The van der Waals surface area contributed by atoms with E-state index >= 15 is 0 Å². The number of pyridine rings is 2. The number of benzene rings is 2. The van der Waals surface area contributed by atoms with Gasteiger partial charge in [0, 0.05) is 61.3 Å². The molecule has 2 aromatic carbocycles. The third kappa shape index (κ3) is 8.92. The second-order valence-corrected chi connectivity index (χ2v) is 13.0. The normalized spacial score (nSPS) is 15.1. The van der Waals surface area contributed by atoms with E-state index in [-0.39, 0.29) is 31.6 Å². The van der Waals surface area contributed by atoms with Gasteiger partial charge in [-0.2, -0.15) is 13.2 Å². The van der Waals surface area contributed by atoms with Crippen molar-refractivity contribution in [2.24, 2.45) is 0 Å². The van der Waals surface area contributed by atoms with Gasteiger partial charge in [-0.1, -0.05) is 41.4 Å². The van der Waals surface area contributed by atoms with Crippen LogP contribution in [0.15, 0.2) is 54.6 Å². The number of halogens is 6. The van der Waals surface area contributed by atoms with Crippen LogP contribution in [0.1, 0.15) is 46.0 Å². The highest BCUT2D eigenvalue weighted by Gasteiger charge is 2.40. The molecule has 0 spiro atoms. The first kappa shape index (κ1) is 36.0. The highest BCUT2D eigenvalue weighted by molar-refractivity contribution is 6.35. The van der Waals surface area contributed by atoms with Crippen molar-refractivity contribution in [3.8, 4) is 0 Å².